The third-order valence-electron chi connectivity index (χ3n) is 2.72. The number of benzene rings is 2. The van der Waals surface area contributed by atoms with E-state index in [0.717, 1.165) is 0 Å². The Labute approximate surface area is 127 Å². The summed E-state index contributed by atoms with van der Waals surface area (Å²) in [6.45, 7) is 0.131. The van der Waals surface area contributed by atoms with Gasteiger partial charge in [0.25, 0.3) is 5.91 Å². The third kappa shape index (κ3) is 3.93. The minimum Gasteiger partial charge on any atom is -0.480 e. The Kier molecular flexibility index (Phi) is 5.27. The van der Waals surface area contributed by atoms with Gasteiger partial charge in [0.1, 0.15) is 18.2 Å². The summed E-state index contributed by atoms with van der Waals surface area (Å²) in [6.07, 6.45) is 6.55. The molecule has 110 valence electrons. The number of nitrogens with one attached hydrogen (secondary N) is 1. The van der Waals surface area contributed by atoms with Gasteiger partial charge in [0, 0.05) is 5.56 Å². The third-order valence-corrected chi connectivity index (χ3v) is 2.72. The lowest BCUT2D eigenvalue weighted by molar-refractivity contribution is 0.0951. The Hall–Kier alpha value is -3.13. The maximum atomic E-state index is 13.4. The van der Waals surface area contributed by atoms with Gasteiger partial charge in [-0.2, -0.15) is 5.10 Å². The normalized spacial score (nSPS) is 10.2. The topological polar surface area (TPSA) is 50.7 Å². The molecule has 1 amide bonds. The van der Waals surface area contributed by atoms with Crippen molar-refractivity contribution in [1.29, 1.82) is 0 Å². The van der Waals surface area contributed by atoms with Crippen molar-refractivity contribution < 1.29 is 13.9 Å². The van der Waals surface area contributed by atoms with Crippen LogP contribution in [0.25, 0.3) is 0 Å². The second kappa shape index (κ2) is 7.60. The van der Waals surface area contributed by atoms with Crippen molar-refractivity contribution in [2.45, 2.75) is 0 Å². The van der Waals surface area contributed by atoms with Gasteiger partial charge in [-0.05, 0) is 24.3 Å². The van der Waals surface area contributed by atoms with Crippen LogP contribution in [0.4, 0.5) is 4.39 Å². The number of rotatable bonds is 5. The maximum absolute atomic E-state index is 13.4. The highest BCUT2D eigenvalue weighted by Crippen LogP contribution is 2.15. The lowest BCUT2D eigenvalue weighted by Crippen LogP contribution is -2.19. The Bertz CT molecular complexity index is 735. The molecule has 0 unspecified atom stereocenters. The van der Waals surface area contributed by atoms with Crippen LogP contribution in [0, 0.1) is 18.2 Å². The molecule has 0 aliphatic heterocycles. The van der Waals surface area contributed by atoms with Crippen molar-refractivity contribution >= 4 is 12.1 Å². The lowest BCUT2D eigenvalue weighted by Gasteiger charge is -2.05. The fourth-order valence-electron chi connectivity index (χ4n) is 1.70. The molecule has 2 aromatic rings. The molecule has 22 heavy (non-hydrogen) atoms. The molecule has 0 aliphatic rings. The van der Waals surface area contributed by atoms with E-state index in [0.29, 0.717) is 11.3 Å². The number of ether oxygens (including phenoxy) is 1. The Morgan fingerprint density at radius 2 is 2.00 bits per heavy atom. The Morgan fingerprint density at radius 3 is 2.77 bits per heavy atom. The summed E-state index contributed by atoms with van der Waals surface area (Å²) in [4.78, 5) is 11.8. The van der Waals surface area contributed by atoms with Gasteiger partial charge in [-0.15, -0.1) is 6.42 Å². The quantitative estimate of drug-likeness (QED) is 0.524. The Balaban J connectivity index is 2.06. The van der Waals surface area contributed by atoms with Gasteiger partial charge < -0.3 is 4.74 Å². The number of hydrogen-bond acceptors (Lipinski definition) is 3. The molecule has 0 heterocycles. The first-order chi connectivity index (χ1) is 10.7. The Morgan fingerprint density at radius 1 is 1.27 bits per heavy atom. The van der Waals surface area contributed by atoms with Crippen LogP contribution < -0.4 is 10.2 Å². The van der Waals surface area contributed by atoms with Crippen LogP contribution in [-0.2, 0) is 0 Å². The summed E-state index contributed by atoms with van der Waals surface area (Å²) in [6, 6.07) is 12.7. The van der Waals surface area contributed by atoms with E-state index in [9.17, 15) is 9.18 Å². The summed E-state index contributed by atoms with van der Waals surface area (Å²) in [5, 5.41) is 3.80. The summed E-state index contributed by atoms with van der Waals surface area (Å²) in [7, 11) is 0. The van der Waals surface area contributed by atoms with Gasteiger partial charge >= 0.3 is 0 Å². The average molecular weight is 296 g/mol. The summed E-state index contributed by atoms with van der Waals surface area (Å²) in [5.41, 5.74) is 2.84. The zero-order valence-corrected chi connectivity index (χ0v) is 11.6. The van der Waals surface area contributed by atoms with Crippen molar-refractivity contribution in [1.82, 2.24) is 5.43 Å². The smallest absolute Gasteiger partial charge is 0.274 e. The maximum Gasteiger partial charge on any atom is 0.274 e. The number of carbonyl (C=O) groups excluding carboxylic acids is 1. The molecule has 2 rings (SSSR count). The van der Waals surface area contributed by atoms with Crippen LogP contribution in [0.15, 0.2) is 53.6 Å². The minimum absolute atomic E-state index is 0.0727. The fraction of sp³-hybridized carbons (Fsp3) is 0.0588. The van der Waals surface area contributed by atoms with Gasteiger partial charge in [-0.25, -0.2) is 9.82 Å². The monoisotopic (exact) mass is 296 g/mol. The number of terminal acetylenes is 1. The predicted molar refractivity (Wildman–Crippen MR) is 82.2 cm³/mol. The van der Waals surface area contributed by atoms with E-state index in [-0.39, 0.29) is 12.2 Å². The molecule has 0 radical (unpaired) electrons. The molecule has 0 bridgehead atoms. The number of para-hydroxylation sites is 1. The van der Waals surface area contributed by atoms with Crippen LogP contribution in [-0.4, -0.2) is 18.7 Å². The number of hydrogen-bond donors (Lipinski definition) is 1. The van der Waals surface area contributed by atoms with Crippen LogP contribution in [0.1, 0.15) is 15.9 Å². The summed E-state index contributed by atoms with van der Waals surface area (Å²) >= 11 is 0. The number of halogens is 1. The molecule has 5 heteroatoms. The van der Waals surface area contributed by atoms with Crippen molar-refractivity contribution in [3.05, 3.63) is 65.5 Å². The molecular weight excluding hydrogens is 283 g/mol. The van der Waals surface area contributed by atoms with E-state index in [1.54, 1.807) is 30.3 Å². The number of hydrazone groups is 1. The first kappa shape index (κ1) is 15.3. The van der Waals surface area contributed by atoms with Gasteiger partial charge in [0.05, 0.1) is 11.8 Å². The molecular formula is C17H13FN2O2. The first-order valence-electron chi connectivity index (χ1n) is 6.45. The van der Waals surface area contributed by atoms with Gasteiger partial charge in [0.15, 0.2) is 0 Å². The van der Waals surface area contributed by atoms with Crippen LogP contribution in [0.5, 0.6) is 5.75 Å². The van der Waals surface area contributed by atoms with Crippen molar-refractivity contribution in [2.24, 2.45) is 5.10 Å². The van der Waals surface area contributed by atoms with Crippen LogP contribution >= 0.6 is 0 Å². The standard InChI is InChI=1S/C17H13FN2O2/c1-2-11-22-16-10-6-3-7-13(16)12-19-20-17(21)14-8-4-5-9-15(14)18/h1,3-10,12H,11H2,(H,20,21)/b19-12-. The minimum atomic E-state index is -0.628. The summed E-state index contributed by atoms with van der Waals surface area (Å²) in [5.74, 6) is 1.68. The zero-order valence-electron chi connectivity index (χ0n) is 11.6. The molecule has 0 atom stereocenters. The SMILES string of the molecule is C#CCOc1ccccc1/C=N\NC(=O)c1ccccc1F. The van der Waals surface area contributed by atoms with E-state index in [4.69, 9.17) is 11.2 Å². The number of amides is 1. The second-order valence-corrected chi connectivity index (χ2v) is 4.21. The van der Waals surface area contributed by atoms with Gasteiger partial charge in [0.2, 0.25) is 0 Å². The second-order valence-electron chi connectivity index (χ2n) is 4.21. The molecule has 0 fully saturated rings. The molecule has 0 aliphatic carbocycles. The van der Waals surface area contributed by atoms with E-state index >= 15 is 0 Å². The van der Waals surface area contributed by atoms with E-state index in [1.807, 2.05) is 0 Å². The zero-order chi connectivity index (χ0) is 15.8. The fourth-order valence-corrected chi connectivity index (χ4v) is 1.70. The van der Waals surface area contributed by atoms with Crippen molar-refractivity contribution in [3.63, 3.8) is 0 Å². The first-order valence-corrected chi connectivity index (χ1v) is 6.45. The van der Waals surface area contributed by atoms with Crippen LogP contribution in [0.2, 0.25) is 0 Å². The van der Waals surface area contributed by atoms with E-state index in [1.165, 1.54) is 24.4 Å². The average Bonchev–Trinajstić information content (AvgIpc) is 2.54. The summed E-state index contributed by atoms with van der Waals surface area (Å²) < 4.78 is 18.8. The highest BCUT2D eigenvalue weighted by atomic mass is 19.1. The molecule has 4 nitrogen and oxygen atoms in total. The molecule has 2 aromatic carbocycles. The number of carbonyl (C=O) groups is 1. The van der Waals surface area contributed by atoms with Gasteiger partial charge in [-0.3, -0.25) is 4.79 Å². The predicted octanol–water partition coefficient (Wildman–Crippen LogP) is 2.60. The molecule has 1 N–H and O–H groups in total. The van der Waals surface area contributed by atoms with Crippen molar-refractivity contribution in [2.75, 3.05) is 6.61 Å². The van der Waals surface area contributed by atoms with Gasteiger partial charge in [-0.1, -0.05) is 30.2 Å². The van der Waals surface area contributed by atoms with Crippen LogP contribution in [0.3, 0.4) is 0 Å². The highest BCUT2D eigenvalue weighted by molar-refractivity contribution is 5.95. The lowest BCUT2D eigenvalue weighted by atomic mass is 10.2. The molecule has 0 spiro atoms. The molecule has 0 saturated carbocycles. The highest BCUT2D eigenvalue weighted by Gasteiger charge is 2.09. The number of nitrogens with zero attached hydrogens (tertiary/aromatic N) is 1. The van der Waals surface area contributed by atoms with E-state index in [2.05, 4.69) is 16.4 Å². The largest absolute Gasteiger partial charge is 0.480 e. The van der Waals surface area contributed by atoms with E-state index < -0.39 is 11.7 Å². The van der Waals surface area contributed by atoms with Crippen molar-refractivity contribution in [3.8, 4) is 18.1 Å². The molecule has 0 aromatic heterocycles. The molecule has 0 saturated heterocycles.